The molecule has 0 N–H and O–H groups in total. The summed E-state index contributed by atoms with van der Waals surface area (Å²) >= 11 is 0. The fourth-order valence-corrected chi connectivity index (χ4v) is 1.79. The van der Waals surface area contributed by atoms with E-state index >= 15 is 0 Å². The molecule has 0 amide bonds. The number of halogens is 3. The zero-order valence-corrected chi connectivity index (χ0v) is 11.7. The van der Waals surface area contributed by atoms with Crippen LogP contribution in [0.5, 0.6) is 0 Å². The van der Waals surface area contributed by atoms with Gasteiger partial charge in [0.2, 0.25) is 0 Å². The van der Waals surface area contributed by atoms with Gasteiger partial charge >= 0.3 is 6.18 Å². The van der Waals surface area contributed by atoms with Gasteiger partial charge < -0.3 is 0 Å². The summed E-state index contributed by atoms with van der Waals surface area (Å²) in [4.78, 5) is 4.06. The van der Waals surface area contributed by atoms with Crippen molar-refractivity contribution >= 4 is 0 Å². The van der Waals surface area contributed by atoms with Crippen LogP contribution in [0, 0.1) is 0 Å². The van der Waals surface area contributed by atoms with Crippen LogP contribution in [0.25, 0.3) is 0 Å². The summed E-state index contributed by atoms with van der Waals surface area (Å²) in [6.45, 7) is 11.6. The largest absolute Gasteiger partial charge is 0.417 e. The van der Waals surface area contributed by atoms with Crippen molar-refractivity contribution in [3.8, 4) is 0 Å². The molecule has 1 rings (SSSR count). The van der Waals surface area contributed by atoms with Crippen LogP contribution < -0.4 is 0 Å². The number of hydrogen-bond donors (Lipinski definition) is 0. The Balaban J connectivity index is 3.50. The van der Waals surface area contributed by atoms with Gasteiger partial charge in [-0.3, -0.25) is 4.98 Å². The molecule has 0 spiro atoms. The molecule has 1 nitrogen and oxygen atoms in total. The van der Waals surface area contributed by atoms with Crippen LogP contribution in [0.2, 0.25) is 0 Å². The molecule has 0 saturated carbocycles. The average molecular weight is 259 g/mol. The van der Waals surface area contributed by atoms with E-state index in [1.807, 2.05) is 41.5 Å². The Morgan fingerprint density at radius 1 is 0.889 bits per heavy atom. The van der Waals surface area contributed by atoms with Crippen molar-refractivity contribution in [1.29, 1.82) is 0 Å². The molecule has 0 saturated heterocycles. The highest BCUT2D eigenvalue weighted by Gasteiger charge is 2.34. The van der Waals surface area contributed by atoms with Crippen LogP contribution in [0.15, 0.2) is 12.3 Å². The first-order valence-electron chi connectivity index (χ1n) is 5.91. The summed E-state index contributed by atoms with van der Waals surface area (Å²) in [7, 11) is 0. The highest BCUT2D eigenvalue weighted by molar-refractivity contribution is 5.36. The first kappa shape index (κ1) is 15.0. The fourth-order valence-electron chi connectivity index (χ4n) is 1.79. The standard InChI is InChI=1S/C14H20F3N/c1-12(2,3)10-7-9(14(15,16)17)8-18-11(10)13(4,5)6/h7-8H,1-6H3. The number of nitrogens with zero attached hydrogens (tertiary/aromatic N) is 1. The predicted molar refractivity (Wildman–Crippen MR) is 66.6 cm³/mol. The second kappa shape index (κ2) is 4.25. The van der Waals surface area contributed by atoms with Gasteiger partial charge in [-0.1, -0.05) is 41.5 Å². The lowest BCUT2D eigenvalue weighted by Crippen LogP contribution is -2.25. The summed E-state index contributed by atoms with van der Waals surface area (Å²) in [5, 5.41) is 0. The molecule has 1 aromatic heterocycles. The van der Waals surface area contributed by atoms with Gasteiger partial charge in [0.15, 0.2) is 0 Å². The normalized spacial score (nSPS) is 13.8. The van der Waals surface area contributed by atoms with Crippen LogP contribution in [0.3, 0.4) is 0 Å². The molecule has 1 aromatic rings. The average Bonchev–Trinajstić information content (AvgIpc) is 2.12. The van der Waals surface area contributed by atoms with Gasteiger partial charge in [-0.25, -0.2) is 0 Å². The molecule has 1 heterocycles. The third-order valence-corrected chi connectivity index (χ3v) is 2.73. The molecule has 0 aliphatic heterocycles. The maximum atomic E-state index is 12.7. The molecule has 0 aliphatic carbocycles. The molecule has 0 unspecified atom stereocenters. The SMILES string of the molecule is CC(C)(C)c1cc(C(F)(F)F)cnc1C(C)(C)C. The van der Waals surface area contributed by atoms with E-state index in [2.05, 4.69) is 4.98 Å². The van der Waals surface area contributed by atoms with E-state index in [0.29, 0.717) is 5.56 Å². The quantitative estimate of drug-likeness (QED) is 0.658. The Morgan fingerprint density at radius 2 is 1.39 bits per heavy atom. The third-order valence-electron chi connectivity index (χ3n) is 2.73. The molecule has 0 aromatic carbocycles. The van der Waals surface area contributed by atoms with E-state index in [1.165, 1.54) is 6.07 Å². The molecule has 0 atom stereocenters. The molecule has 18 heavy (non-hydrogen) atoms. The number of hydrogen-bond acceptors (Lipinski definition) is 1. The van der Waals surface area contributed by atoms with Gasteiger partial charge in [0, 0.05) is 17.3 Å². The van der Waals surface area contributed by atoms with Crippen LogP contribution >= 0.6 is 0 Å². The van der Waals surface area contributed by atoms with Crippen LogP contribution in [-0.4, -0.2) is 4.98 Å². The van der Waals surface area contributed by atoms with Crippen molar-refractivity contribution in [3.05, 3.63) is 29.1 Å². The predicted octanol–water partition coefficient (Wildman–Crippen LogP) is 4.70. The van der Waals surface area contributed by atoms with Crippen LogP contribution in [-0.2, 0) is 17.0 Å². The van der Waals surface area contributed by atoms with E-state index in [4.69, 9.17) is 0 Å². The van der Waals surface area contributed by atoms with E-state index < -0.39 is 11.7 Å². The van der Waals surface area contributed by atoms with E-state index in [9.17, 15) is 13.2 Å². The molecule has 0 fully saturated rings. The van der Waals surface area contributed by atoms with Crippen molar-refractivity contribution in [3.63, 3.8) is 0 Å². The summed E-state index contributed by atoms with van der Waals surface area (Å²) < 4.78 is 38.2. The Bertz CT molecular complexity index is 434. The fraction of sp³-hybridized carbons (Fsp3) is 0.643. The molecule has 4 heteroatoms. The van der Waals surface area contributed by atoms with Crippen LogP contribution in [0.1, 0.15) is 58.4 Å². The first-order valence-corrected chi connectivity index (χ1v) is 5.91. The summed E-state index contributed by atoms with van der Waals surface area (Å²) in [6, 6.07) is 1.23. The van der Waals surface area contributed by atoms with Crippen molar-refractivity contribution in [2.75, 3.05) is 0 Å². The Kier molecular flexibility index (Phi) is 3.54. The smallest absolute Gasteiger partial charge is 0.260 e. The number of alkyl halides is 3. The molecular formula is C14H20F3N. The first-order chi connectivity index (χ1) is 7.83. The molecule has 0 radical (unpaired) electrons. The lowest BCUT2D eigenvalue weighted by Gasteiger charge is -2.29. The number of aromatic nitrogens is 1. The lowest BCUT2D eigenvalue weighted by molar-refractivity contribution is -0.137. The minimum Gasteiger partial charge on any atom is -0.260 e. The maximum Gasteiger partial charge on any atom is 0.417 e. The Labute approximate surface area is 106 Å². The second-order valence-corrected chi connectivity index (χ2v) is 6.62. The van der Waals surface area contributed by atoms with E-state index in [1.54, 1.807) is 0 Å². The number of rotatable bonds is 0. The van der Waals surface area contributed by atoms with Crippen LogP contribution in [0.4, 0.5) is 13.2 Å². The third kappa shape index (κ3) is 3.24. The van der Waals surface area contributed by atoms with E-state index in [0.717, 1.165) is 11.9 Å². The Hall–Kier alpha value is -1.06. The van der Waals surface area contributed by atoms with Crippen molar-refractivity contribution in [2.45, 2.75) is 58.5 Å². The summed E-state index contributed by atoms with van der Waals surface area (Å²) in [5.74, 6) is 0. The zero-order chi connectivity index (χ0) is 14.4. The van der Waals surface area contributed by atoms with Gasteiger partial charge in [0.1, 0.15) is 0 Å². The minimum absolute atomic E-state index is 0.271. The maximum absolute atomic E-state index is 12.7. The van der Waals surface area contributed by atoms with Gasteiger partial charge in [-0.05, 0) is 17.0 Å². The molecule has 0 aliphatic rings. The van der Waals surface area contributed by atoms with Gasteiger partial charge in [-0.15, -0.1) is 0 Å². The second-order valence-electron chi connectivity index (χ2n) is 6.62. The highest BCUT2D eigenvalue weighted by Crippen LogP contribution is 2.36. The highest BCUT2D eigenvalue weighted by atomic mass is 19.4. The van der Waals surface area contributed by atoms with Gasteiger partial charge in [-0.2, -0.15) is 13.2 Å². The van der Waals surface area contributed by atoms with E-state index in [-0.39, 0.29) is 10.8 Å². The van der Waals surface area contributed by atoms with Gasteiger partial charge in [0.25, 0.3) is 0 Å². The monoisotopic (exact) mass is 259 g/mol. The van der Waals surface area contributed by atoms with Crippen molar-refractivity contribution in [1.82, 2.24) is 4.98 Å². The van der Waals surface area contributed by atoms with Crippen molar-refractivity contribution < 1.29 is 13.2 Å². The van der Waals surface area contributed by atoms with Gasteiger partial charge in [0.05, 0.1) is 5.56 Å². The summed E-state index contributed by atoms with van der Waals surface area (Å²) in [5.41, 5.74) is 0.0668. The molecular weight excluding hydrogens is 239 g/mol. The summed E-state index contributed by atoms with van der Waals surface area (Å²) in [6.07, 6.45) is -3.42. The van der Waals surface area contributed by atoms with Crippen molar-refractivity contribution in [2.24, 2.45) is 0 Å². The topological polar surface area (TPSA) is 12.9 Å². The zero-order valence-electron chi connectivity index (χ0n) is 11.7. The lowest BCUT2D eigenvalue weighted by atomic mass is 9.78. The minimum atomic E-state index is -4.34. The molecule has 0 bridgehead atoms. The molecule has 102 valence electrons. The Morgan fingerprint density at radius 3 is 1.72 bits per heavy atom. The number of pyridine rings is 1.